The first-order valence-corrected chi connectivity index (χ1v) is 5.79. The van der Waals surface area contributed by atoms with Crippen molar-refractivity contribution in [3.63, 3.8) is 0 Å². The largest absolute Gasteiger partial charge is 0.454 e. The molecule has 2 N–H and O–H groups in total. The van der Waals surface area contributed by atoms with E-state index in [1.165, 1.54) is 0 Å². The molecular formula is C12H12N4O3. The highest BCUT2D eigenvalue weighted by molar-refractivity contribution is 5.90. The van der Waals surface area contributed by atoms with Gasteiger partial charge in [-0.05, 0) is 13.0 Å². The van der Waals surface area contributed by atoms with Gasteiger partial charge >= 0.3 is 0 Å². The van der Waals surface area contributed by atoms with Gasteiger partial charge in [0.05, 0.1) is 0 Å². The third-order valence-electron chi connectivity index (χ3n) is 2.72. The molecule has 1 aromatic carbocycles. The standard InChI is InChI=1S/C12H12N4O3/c1-7-14-11(16-15-7)12(17)13-5-8-3-2-4-9-10(8)19-6-18-9/h2-4H,5-6H2,1H3,(H,13,17)(H,14,15,16). The number of fused-ring (bicyclic) bond motifs is 1. The van der Waals surface area contributed by atoms with E-state index in [0.717, 1.165) is 5.56 Å². The summed E-state index contributed by atoms with van der Waals surface area (Å²) in [4.78, 5) is 15.8. The van der Waals surface area contributed by atoms with Crippen LogP contribution in [0.15, 0.2) is 18.2 Å². The molecule has 0 aliphatic carbocycles. The number of H-pyrrole nitrogens is 1. The quantitative estimate of drug-likeness (QED) is 0.851. The molecule has 1 aromatic heterocycles. The number of aromatic nitrogens is 3. The fraction of sp³-hybridized carbons (Fsp3) is 0.250. The molecule has 0 spiro atoms. The van der Waals surface area contributed by atoms with Crippen LogP contribution in [0.25, 0.3) is 0 Å². The Morgan fingerprint density at radius 3 is 3.16 bits per heavy atom. The number of carbonyl (C=O) groups excluding carboxylic acids is 1. The molecule has 19 heavy (non-hydrogen) atoms. The van der Waals surface area contributed by atoms with Crippen LogP contribution in [0.3, 0.4) is 0 Å². The molecule has 0 radical (unpaired) electrons. The van der Waals surface area contributed by atoms with Gasteiger partial charge < -0.3 is 14.8 Å². The number of rotatable bonds is 3. The Hall–Kier alpha value is -2.57. The van der Waals surface area contributed by atoms with Crippen molar-refractivity contribution in [2.24, 2.45) is 0 Å². The fourth-order valence-electron chi connectivity index (χ4n) is 1.83. The van der Waals surface area contributed by atoms with Gasteiger partial charge in [0.1, 0.15) is 5.82 Å². The number of hydrogen-bond acceptors (Lipinski definition) is 5. The molecular weight excluding hydrogens is 248 g/mol. The number of hydrogen-bond donors (Lipinski definition) is 2. The van der Waals surface area contributed by atoms with E-state index < -0.39 is 0 Å². The zero-order valence-electron chi connectivity index (χ0n) is 10.3. The Morgan fingerprint density at radius 1 is 1.47 bits per heavy atom. The summed E-state index contributed by atoms with van der Waals surface area (Å²) in [6.45, 7) is 2.28. The van der Waals surface area contributed by atoms with E-state index in [9.17, 15) is 4.79 Å². The predicted molar refractivity (Wildman–Crippen MR) is 64.9 cm³/mol. The van der Waals surface area contributed by atoms with Gasteiger partial charge in [0.2, 0.25) is 12.6 Å². The van der Waals surface area contributed by atoms with Crippen molar-refractivity contribution in [3.05, 3.63) is 35.4 Å². The summed E-state index contributed by atoms with van der Waals surface area (Å²) in [6.07, 6.45) is 0. The lowest BCUT2D eigenvalue weighted by atomic mass is 10.2. The molecule has 7 heteroatoms. The van der Waals surface area contributed by atoms with E-state index in [2.05, 4.69) is 20.5 Å². The zero-order valence-corrected chi connectivity index (χ0v) is 10.3. The SMILES string of the molecule is Cc1nc(C(=O)NCc2cccc3c2OCO3)n[nH]1. The second-order valence-corrected chi connectivity index (χ2v) is 4.08. The molecule has 1 aliphatic heterocycles. The molecule has 0 fully saturated rings. The minimum atomic E-state index is -0.333. The van der Waals surface area contributed by atoms with Gasteiger partial charge in [-0.1, -0.05) is 12.1 Å². The molecule has 0 unspecified atom stereocenters. The van der Waals surface area contributed by atoms with Crippen LogP contribution >= 0.6 is 0 Å². The maximum absolute atomic E-state index is 11.8. The lowest BCUT2D eigenvalue weighted by Gasteiger charge is -2.06. The Kier molecular flexibility index (Phi) is 2.79. The summed E-state index contributed by atoms with van der Waals surface area (Å²) in [5, 5.41) is 9.16. The molecule has 7 nitrogen and oxygen atoms in total. The zero-order chi connectivity index (χ0) is 13.2. The highest BCUT2D eigenvalue weighted by Crippen LogP contribution is 2.35. The van der Waals surface area contributed by atoms with E-state index in [4.69, 9.17) is 9.47 Å². The van der Waals surface area contributed by atoms with Crippen molar-refractivity contribution in [2.45, 2.75) is 13.5 Å². The highest BCUT2D eigenvalue weighted by atomic mass is 16.7. The number of carbonyl (C=O) groups is 1. The van der Waals surface area contributed by atoms with Crippen molar-refractivity contribution in [2.75, 3.05) is 6.79 Å². The highest BCUT2D eigenvalue weighted by Gasteiger charge is 2.18. The number of para-hydroxylation sites is 1. The first-order valence-electron chi connectivity index (χ1n) is 5.79. The van der Waals surface area contributed by atoms with Crippen molar-refractivity contribution < 1.29 is 14.3 Å². The number of ether oxygens (including phenoxy) is 2. The van der Waals surface area contributed by atoms with Crippen molar-refractivity contribution >= 4 is 5.91 Å². The predicted octanol–water partition coefficient (Wildman–Crippen LogP) is 0.772. The number of nitrogens with one attached hydrogen (secondary N) is 2. The Morgan fingerprint density at radius 2 is 2.37 bits per heavy atom. The van der Waals surface area contributed by atoms with Crippen LogP contribution in [0.5, 0.6) is 11.5 Å². The lowest BCUT2D eigenvalue weighted by Crippen LogP contribution is -2.24. The molecule has 98 valence electrons. The van der Waals surface area contributed by atoms with Crippen LogP contribution in [0.4, 0.5) is 0 Å². The third-order valence-corrected chi connectivity index (χ3v) is 2.72. The molecule has 3 rings (SSSR count). The first kappa shape index (κ1) is 11.5. The normalized spacial score (nSPS) is 12.5. The second kappa shape index (κ2) is 4.60. The molecule has 0 bridgehead atoms. The Balaban J connectivity index is 1.70. The van der Waals surface area contributed by atoms with Crippen LogP contribution < -0.4 is 14.8 Å². The van der Waals surface area contributed by atoms with Crippen molar-refractivity contribution in [1.82, 2.24) is 20.5 Å². The molecule has 2 aromatic rings. The van der Waals surface area contributed by atoms with Gasteiger partial charge in [-0.25, -0.2) is 4.98 Å². The molecule has 0 saturated carbocycles. The number of aryl methyl sites for hydroxylation is 1. The Labute approximate surface area is 108 Å². The van der Waals surface area contributed by atoms with E-state index in [1.807, 2.05) is 18.2 Å². The maximum atomic E-state index is 11.8. The van der Waals surface area contributed by atoms with Crippen LogP contribution in [0, 0.1) is 6.92 Å². The van der Waals surface area contributed by atoms with Gasteiger partial charge in [-0.15, -0.1) is 5.10 Å². The van der Waals surface area contributed by atoms with Crippen LogP contribution in [0.2, 0.25) is 0 Å². The summed E-state index contributed by atoms with van der Waals surface area (Å²) in [7, 11) is 0. The van der Waals surface area contributed by atoms with Gasteiger partial charge in [-0.3, -0.25) is 9.89 Å². The smallest absolute Gasteiger partial charge is 0.291 e. The number of aromatic amines is 1. The van der Waals surface area contributed by atoms with E-state index in [1.54, 1.807) is 6.92 Å². The molecule has 1 aliphatic rings. The monoisotopic (exact) mass is 260 g/mol. The second-order valence-electron chi connectivity index (χ2n) is 4.08. The van der Waals surface area contributed by atoms with Gasteiger partial charge in [-0.2, -0.15) is 0 Å². The van der Waals surface area contributed by atoms with Crippen molar-refractivity contribution in [1.29, 1.82) is 0 Å². The first-order chi connectivity index (χ1) is 9.24. The average Bonchev–Trinajstić information content (AvgIpc) is 3.04. The topological polar surface area (TPSA) is 89.1 Å². The van der Waals surface area contributed by atoms with E-state index in [0.29, 0.717) is 23.9 Å². The molecule has 0 atom stereocenters. The summed E-state index contributed by atoms with van der Waals surface area (Å²) in [6, 6.07) is 5.55. The van der Waals surface area contributed by atoms with E-state index in [-0.39, 0.29) is 18.5 Å². The lowest BCUT2D eigenvalue weighted by molar-refractivity contribution is 0.0940. The minimum Gasteiger partial charge on any atom is -0.454 e. The summed E-state index contributed by atoms with van der Waals surface area (Å²) >= 11 is 0. The van der Waals surface area contributed by atoms with Gasteiger partial charge in [0.15, 0.2) is 11.5 Å². The number of amides is 1. The Bertz CT molecular complexity index is 623. The average molecular weight is 260 g/mol. The number of benzene rings is 1. The fourth-order valence-corrected chi connectivity index (χ4v) is 1.83. The van der Waals surface area contributed by atoms with E-state index >= 15 is 0 Å². The summed E-state index contributed by atoms with van der Waals surface area (Å²) in [5.41, 5.74) is 0.857. The molecule has 2 heterocycles. The van der Waals surface area contributed by atoms with Gasteiger partial charge in [0.25, 0.3) is 5.91 Å². The molecule has 1 amide bonds. The third kappa shape index (κ3) is 2.22. The molecule has 0 saturated heterocycles. The van der Waals surface area contributed by atoms with Gasteiger partial charge in [0, 0.05) is 12.1 Å². The van der Waals surface area contributed by atoms with Crippen LogP contribution in [-0.2, 0) is 6.54 Å². The summed E-state index contributed by atoms with van der Waals surface area (Å²) < 4.78 is 10.6. The van der Waals surface area contributed by atoms with Crippen LogP contribution in [0.1, 0.15) is 22.0 Å². The van der Waals surface area contributed by atoms with Crippen LogP contribution in [-0.4, -0.2) is 27.9 Å². The maximum Gasteiger partial charge on any atom is 0.291 e. The van der Waals surface area contributed by atoms with Crippen molar-refractivity contribution in [3.8, 4) is 11.5 Å². The number of nitrogens with zero attached hydrogens (tertiary/aromatic N) is 2. The minimum absolute atomic E-state index is 0.127. The summed E-state index contributed by atoms with van der Waals surface area (Å²) in [5.74, 6) is 1.76.